The van der Waals surface area contributed by atoms with Crippen LogP contribution < -0.4 is 0 Å². The van der Waals surface area contributed by atoms with Crippen LogP contribution >= 0.6 is 0 Å². The maximum atomic E-state index is 10.8. The van der Waals surface area contributed by atoms with Crippen molar-refractivity contribution in [3.63, 3.8) is 0 Å². The first-order valence-electron chi connectivity index (χ1n) is 5.49. The van der Waals surface area contributed by atoms with Crippen LogP contribution in [0.1, 0.15) is 23.0 Å². The van der Waals surface area contributed by atoms with Crippen molar-refractivity contribution < 1.29 is 9.90 Å². The number of nitrogens with zero attached hydrogens (tertiary/aromatic N) is 3. The number of imidazole rings is 1. The van der Waals surface area contributed by atoms with Crippen molar-refractivity contribution in [2.75, 3.05) is 13.6 Å². The predicted molar refractivity (Wildman–Crippen MR) is 64.2 cm³/mol. The Balaban J connectivity index is 2.33. The van der Waals surface area contributed by atoms with E-state index in [9.17, 15) is 4.79 Å². The van der Waals surface area contributed by atoms with Crippen molar-refractivity contribution in [3.8, 4) is 0 Å². The van der Waals surface area contributed by atoms with Gasteiger partial charge in [-0.15, -0.1) is 0 Å². The van der Waals surface area contributed by atoms with Gasteiger partial charge in [0.05, 0.1) is 0 Å². The molecule has 2 aromatic rings. The third kappa shape index (κ3) is 2.45. The van der Waals surface area contributed by atoms with Crippen molar-refractivity contribution in [1.29, 1.82) is 0 Å². The molecule has 2 aromatic heterocycles. The van der Waals surface area contributed by atoms with Gasteiger partial charge in [0.1, 0.15) is 5.65 Å². The third-order valence-corrected chi connectivity index (χ3v) is 2.74. The first-order valence-corrected chi connectivity index (χ1v) is 5.49. The van der Waals surface area contributed by atoms with Crippen LogP contribution in [0.3, 0.4) is 0 Å². The Kier molecular flexibility index (Phi) is 3.10. The van der Waals surface area contributed by atoms with Gasteiger partial charge in [-0.3, -0.25) is 0 Å². The van der Waals surface area contributed by atoms with Crippen LogP contribution in [0.4, 0.5) is 0 Å². The molecule has 2 rings (SSSR count). The highest BCUT2D eigenvalue weighted by atomic mass is 16.4. The average molecular weight is 233 g/mol. The van der Waals surface area contributed by atoms with Gasteiger partial charge in [0.25, 0.3) is 0 Å². The van der Waals surface area contributed by atoms with E-state index in [0.717, 1.165) is 18.7 Å². The Morgan fingerprint density at radius 2 is 2.35 bits per heavy atom. The second-order valence-electron chi connectivity index (χ2n) is 4.06. The third-order valence-electron chi connectivity index (χ3n) is 2.74. The van der Waals surface area contributed by atoms with Crippen molar-refractivity contribution in [2.45, 2.75) is 13.5 Å². The van der Waals surface area contributed by atoms with Crippen LogP contribution in [-0.2, 0) is 6.54 Å². The molecule has 0 amide bonds. The zero-order valence-corrected chi connectivity index (χ0v) is 9.92. The van der Waals surface area contributed by atoms with Crippen molar-refractivity contribution >= 4 is 11.6 Å². The molecule has 0 aliphatic heterocycles. The molecule has 5 heteroatoms. The lowest BCUT2D eigenvalue weighted by Crippen LogP contribution is -2.16. The quantitative estimate of drug-likeness (QED) is 0.869. The molecule has 17 heavy (non-hydrogen) atoms. The van der Waals surface area contributed by atoms with E-state index in [1.165, 1.54) is 6.20 Å². The Labute approximate surface area is 99.3 Å². The van der Waals surface area contributed by atoms with Crippen LogP contribution in [0.2, 0.25) is 0 Å². The van der Waals surface area contributed by atoms with E-state index < -0.39 is 5.97 Å². The molecule has 0 radical (unpaired) electrons. The molecule has 2 heterocycles. The van der Waals surface area contributed by atoms with Crippen molar-refractivity contribution in [2.24, 2.45) is 0 Å². The van der Waals surface area contributed by atoms with E-state index in [2.05, 4.69) is 16.8 Å². The van der Waals surface area contributed by atoms with Gasteiger partial charge in [-0.2, -0.15) is 0 Å². The second-order valence-corrected chi connectivity index (χ2v) is 4.06. The normalized spacial score (nSPS) is 11.2. The van der Waals surface area contributed by atoms with Crippen molar-refractivity contribution in [1.82, 2.24) is 14.3 Å². The maximum Gasteiger partial charge on any atom is 0.356 e. The van der Waals surface area contributed by atoms with Gasteiger partial charge in [-0.1, -0.05) is 6.92 Å². The number of aromatic carboxylic acids is 1. The second kappa shape index (κ2) is 4.55. The molecule has 0 aromatic carbocycles. The summed E-state index contributed by atoms with van der Waals surface area (Å²) >= 11 is 0. The summed E-state index contributed by atoms with van der Waals surface area (Å²) in [6, 6.07) is 3.89. The smallest absolute Gasteiger partial charge is 0.356 e. The summed E-state index contributed by atoms with van der Waals surface area (Å²) in [4.78, 5) is 17.0. The molecule has 0 atom stereocenters. The van der Waals surface area contributed by atoms with E-state index in [1.807, 2.05) is 25.4 Å². The van der Waals surface area contributed by atoms with E-state index in [0.29, 0.717) is 5.65 Å². The summed E-state index contributed by atoms with van der Waals surface area (Å²) in [7, 11) is 2.04. The fraction of sp³-hybridized carbons (Fsp3) is 0.333. The molecule has 0 saturated carbocycles. The summed E-state index contributed by atoms with van der Waals surface area (Å²) < 4.78 is 1.72. The minimum atomic E-state index is -0.999. The predicted octanol–water partition coefficient (Wildman–Crippen LogP) is 1.48. The Hall–Kier alpha value is -1.88. The van der Waals surface area contributed by atoms with Crippen LogP contribution in [-0.4, -0.2) is 39.0 Å². The lowest BCUT2D eigenvalue weighted by molar-refractivity contribution is 0.0691. The number of aromatic nitrogens is 2. The van der Waals surface area contributed by atoms with Crippen molar-refractivity contribution in [3.05, 3.63) is 35.8 Å². The molecular formula is C12H15N3O2. The van der Waals surface area contributed by atoms with E-state index in [4.69, 9.17) is 5.11 Å². The van der Waals surface area contributed by atoms with Crippen LogP contribution in [0, 0.1) is 0 Å². The zero-order valence-electron chi connectivity index (χ0n) is 9.92. The lowest BCUT2D eigenvalue weighted by Gasteiger charge is -2.13. The number of hydrogen-bond acceptors (Lipinski definition) is 3. The number of pyridine rings is 1. The highest BCUT2D eigenvalue weighted by Crippen LogP contribution is 2.10. The summed E-state index contributed by atoms with van der Waals surface area (Å²) in [6.45, 7) is 3.90. The number of carboxylic acids is 1. The van der Waals surface area contributed by atoms with E-state index in [-0.39, 0.29) is 5.69 Å². The monoisotopic (exact) mass is 233 g/mol. The SMILES string of the molecule is CCN(C)Cc1ccn2cc(C(=O)O)nc2c1. The van der Waals surface area contributed by atoms with E-state index in [1.54, 1.807) is 4.40 Å². The first kappa shape index (κ1) is 11.6. The fourth-order valence-corrected chi connectivity index (χ4v) is 1.65. The number of rotatable bonds is 4. The standard InChI is InChI=1S/C12H15N3O2/c1-3-14(2)7-9-4-5-15-8-10(12(16)17)13-11(15)6-9/h4-6,8H,3,7H2,1-2H3,(H,16,17). The van der Waals surface area contributed by atoms with Gasteiger partial charge >= 0.3 is 5.97 Å². The van der Waals surface area contributed by atoms with Gasteiger partial charge in [-0.25, -0.2) is 9.78 Å². The summed E-state index contributed by atoms with van der Waals surface area (Å²) in [6.07, 6.45) is 3.36. The molecule has 0 aliphatic rings. The minimum Gasteiger partial charge on any atom is -0.476 e. The molecule has 0 bridgehead atoms. The average Bonchev–Trinajstić information content (AvgIpc) is 2.72. The molecule has 0 aliphatic carbocycles. The number of carbonyl (C=O) groups is 1. The highest BCUT2D eigenvalue weighted by molar-refractivity contribution is 5.86. The molecule has 5 nitrogen and oxygen atoms in total. The Bertz CT molecular complexity index is 548. The van der Waals surface area contributed by atoms with Gasteiger partial charge in [0, 0.05) is 18.9 Å². The van der Waals surface area contributed by atoms with E-state index >= 15 is 0 Å². The number of fused-ring (bicyclic) bond motifs is 1. The summed E-state index contributed by atoms with van der Waals surface area (Å²) in [5.74, 6) is -0.999. The molecule has 0 unspecified atom stereocenters. The highest BCUT2D eigenvalue weighted by Gasteiger charge is 2.08. The minimum absolute atomic E-state index is 0.0750. The van der Waals surface area contributed by atoms with Gasteiger partial charge in [0.2, 0.25) is 0 Å². The fourth-order valence-electron chi connectivity index (χ4n) is 1.65. The number of hydrogen-bond donors (Lipinski definition) is 1. The van der Waals surface area contributed by atoms with Gasteiger partial charge < -0.3 is 14.4 Å². The lowest BCUT2D eigenvalue weighted by atomic mass is 10.2. The molecule has 1 N–H and O–H groups in total. The summed E-state index contributed by atoms with van der Waals surface area (Å²) in [5.41, 5.74) is 1.87. The molecule has 0 saturated heterocycles. The topological polar surface area (TPSA) is 57.8 Å². The Morgan fingerprint density at radius 3 is 3.00 bits per heavy atom. The van der Waals surface area contributed by atoms with Gasteiger partial charge in [-0.05, 0) is 31.3 Å². The van der Waals surface area contributed by atoms with Crippen LogP contribution in [0.5, 0.6) is 0 Å². The largest absolute Gasteiger partial charge is 0.476 e. The Morgan fingerprint density at radius 1 is 1.59 bits per heavy atom. The molecule has 90 valence electrons. The van der Waals surface area contributed by atoms with Crippen LogP contribution in [0.25, 0.3) is 5.65 Å². The van der Waals surface area contributed by atoms with Crippen LogP contribution in [0.15, 0.2) is 24.5 Å². The summed E-state index contributed by atoms with van der Waals surface area (Å²) in [5, 5.41) is 8.85. The molecular weight excluding hydrogens is 218 g/mol. The maximum absolute atomic E-state index is 10.8. The van der Waals surface area contributed by atoms with Gasteiger partial charge in [0.15, 0.2) is 5.69 Å². The molecule has 0 fully saturated rings. The first-order chi connectivity index (χ1) is 8.10. The number of carboxylic acid groups (broad SMARTS) is 1. The molecule has 0 spiro atoms. The zero-order chi connectivity index (χ0) is 12.4.